The predicted octanol–water partition coefficient (Wildman–Crippen LogP) is 2.58. The second-order valence-corrected chi connectivity index (χ2v) is 9.36. The Morgan fingerprint density at radius 1 is 0.938 bits per heavy atom. The van der Waals surface area contributed by atoms with Gasteiger partial charge in [0.25, 0.3) is 0 Å². The van der Waals surface area contributed by atoms with Crippen LogP contribution >= 0.6 is 0 Å². The molecular weight excluding hydrogens is 432 g/mol. The molecule has 0 unspecified atom stereocenters. The summed E-state index contributed by atoms with van der Waals surface area (Å²) >= 11 is 0. The number of fused-ring (bicyclic) bond motifs is 1. The van der Waals surface area contributed by atoms with Crippen molar-refractivity contribution >= 4 is 15.9 Å². The van der Waals surface area contributed by atoms with Crippen molar-refractivity contribution in [2.75, 3.05) is 27.9 Å². The summed E-state index contributed by atoms with van der Waals surface area (Å²) in [4.78, 5) is 12.5. The van der Waals surface area contributed by atoms with Crippen molar-refractivity contribution in [3.8, 4) is 17.2 Å². The van der Waals surface area contributed by atoms with Crippen LogP contribution in [0.5, 0.6) is 17.2 Å². The van der Waals surface area contributed by atoms with Gasteiger partial charge in [0, 0.05) is 19.5 Å². The van der Waals surface area contributed by atoms with Crippen LogP contribution in [-0.2, 0) is 34.2 Å². The Morgan fingerprint density at radius 2 is 1.59 bits per heavy atom. The van der Waals surface area contributed by atoms with E-state index in [0.29, 0.717) is 17.2 Å². The lowest BCUT2D eigenvalue weighted by molar-refractivity contribution is -0.121. The summed E-state index contributed by atoms with van der Waals surface area (Å²) in [6.07, 6.45) is 4.14. The van der Waals surface area contributed by atoms with E-state index >= 15 is 0 Å². The normalized spacial score (nSPS) is 13.2. The van der Waals surface area contributed by atoms with Crippen molar-refractivity contribution in [2.45, 2.75) is 43.5 Å². The molecule has 0 heterocycles. The quantitative estimate of drug-likeness (QED) is 0.563. The molecule has 1 amide bonds. The average Bonchev–Trinajstić information content (AvgIpc) is 2.81. The first-order valence-electron chi connectivity index (χ1n) is 10.5. The maximum Gasteiger partial charge on any atom is 0.240 e. The zero-order valence-corrected chi connectivity index (χ0v) is 19.5. The highest BCUT2D eigenvalue weighted by Crippen LogP contribution is 2.38. The molecule has 0 atom stereocenters. The summed E-state index contributed by atoms with van der Waals surface area (Å²) in [5.41, 5.74) is 3.09. The number of hydrogen-bond donors (Lipinski definition) is 2. The van der Waals surface area contributed by atoms with Crippen molar-refractivity contribution in [3.05, 3.63) is 47.0 Å². The van der Waals surface area contributed by atoms with E-state index in [9.17, 15) is 13.2 Å². The van der Waals surface area contributed by atoms with Gasteiger partial charge in [-0.25, -0.2) is 13.1 Å². The van der Waals surface area contributed by atoms with Gasteiger partial charge in [-0.05, 0) is 66.6 Å². The number of ether oxygens (including phenoxy) is 3. The fraction of sp³-hybridized carbons (Fsp3) is 0.435. The minimum absolute atomic E-state index is 0.0144. The van der Waals surface area contributed by atoms with E-state index in [4.69, 9.17) is 14.2 Å². The molecule has 0 spiro atoms. The van der Waals surface area contributed by atoms with Crippen LogP contribution in [0.25, 0.3) is 0 Å². The van der Waals surface area contributed by atoms with E-state index in [1.165, 1.54) is 26.9 Å². The van der Waals surface area contributed by atoms with Crippen LogP contribution in [0.15, 0.2) is 35.2 Å². The highest BCUT2D eigenvalue weighted by atomic mass is 32.2. The van der Waals surface area contributed by atoms with Gasteiger partial charge in [-0.1, -0.05) is 6.07 Å². The maximum atomic E-state index is 12.6. The maximum absolute atomic E-state index is 12.6. The number of rotatable bonds is 10. The number of carbonyl (C=O) groups is 1. The van der Waals surface area contributed by atoms with Gasteiger partial charge >= 0.3 is 0 Å². The van der Waals surface area contributed by atoms with E-state index in [2.05, 4.69) is 10.0 Å². The third-order valence-electron chi connectivity index (χ3n) is 5.49. The summed E-state index contributed by atoms with van der Waals surface area (Å²) in [5, 5.41) is 2.78. The van der Waals surface area contributed by atoms with Crippen LogP contribution in [0.2, 0.25) is 0 Å². The zero-order valence-electron chi connectivity index (χ0n) is 18.7. The Labute approximate surface area is 189 Å². The number of methoxy groups -OCH3 is 3. The first-order chi connectivity index (χ1) is 15.4. The lowest BCUT2D eigenvalue weighted by Gasteiger charge is -2.17. The average molecular weight is 463 g/mol. The summed E-state index contributed by atoms with van der Waals surface area (Å²) in [6.45, 7) is 0.258. The fourth-order valence-electron chi connectivity index (χ4n) is 3.79. The van der Waals surface area contributed by atoms with Crippen molar-refractivity contribution in [3.63, 3.8) is 0 Å². The van der Waals surface area contributed by atoms with E-state index in [-0.39, 0.29) is 30.3 Å². The molecule has 1 aliphatic rings. The minimum atomic E-state index is -3.66. The summed E-state index contributed by atoms with van der Waals surface area (Å²) in [6, 6.07) is 8.78. The molecule has 174 valence electrons. The van der Waals surface area contributed by atoms with Crippen molar-refractivity contribution in [1.82, 2.24) is 10.0 Å². The molecule has 3 rings (SSSR count). The van der Waals surface area contributed by atoms with Crippen LogP contribution in [0.4, 0.5) is 0 Å². The summed E-state index contributed by atoms with van der Waals surface area (Å²) < 4.78 is 43.6. The van der Waals surface area contributed by atoms with Crippen LogP contribution in [-0.4, -0.2) is 42.2 Å². The molecule has 9 heteroatoms. The van der Waals surface area contributed by atoms with Gasteiger partial charge in [0.2, 0.25) is 21.7 Å². The van der Waals surface area contributed by atoms with Crippen molar-refractivity contribution in [1.29, 1.82) is 0 Å². The van der Waals surface area contributed by atoms with Gasteiger partial charge < -0.3 is 19.5 Å². The smallest absolute Gasteiger partial charge is 0.240 e. The van der Waals surface area contributed by atoms with E-state index in [1.807, 2.05) is 6.07 Å². The van der Waals surface area contributed by atoms with Gasteiger partial charge in [-0.15, -0.1) is 0 Å². The molecule has 0 bridgehead atoms. The molecule has 1 aliphatic carbocycles. The fourth-order valence-corrected chi connectivity index (χ4v) is 4.87. The Hall–Kier alpha value is -2.78. The number of benzene rings is 2. The minimum Gasteiger partial charge on any atom is -0.493 e. The van der Waals surface area contributed by atoms with Crippen LogP contribution < -0.4 is 24.2 Å². The molecular formula is C23H30N2O6S. The Balaban J connectivity index is 1.53. The number of sulfonamides is 1. The molecule has 2 aromatic rings. The molecule has 0 saturated heterocycles. The van der Waals surface area contributed by atoms with Crippen LogP contribution in [0.1, 0.15) is 36.0 Å². The molecule has 0 fully saturated rings. The number of carbonyl (C=O) groups excluding carboxylic acids is 1. The Bertz CT molecular complexity index is 1040. The third kappa shape index (κ3) is 5.72. The molecule has 0 aliphatic heterocycles. The van der Waals surface area contributed by atoms with Gasteiger partial charge in [0.15, 0.2) is 11.5 Å². The lowest BCUT2D eigenvalue weighted by Crippen LogP contribution is -2.30. The van der Waals surface area contributed by atoms with Gasteiger partial charge in [-0.2, -0.15) is 0 Å². The molecule has 0 radical (unpaired) electrons. The first kappa shape index (κ1) is 23.9. The second-order valence-electron chi connectivity index (χ2n) is 7.60. The van der Waals surface area contributed by atoms with Crippen molar-refractivity contribution in [2.24, 2.45) is 0 Å². The van der Waals surface area contributed by atoms with Crippen LogP contribution in [0, 0.1) is 0 Å². The number of amides is 1. The van der Waals surface area contributed by atoms with Crippen molar-refractivity contribution < 1.29 is 27.4 Å². The highest BCUT2D eigenvalue weighted by molar-refractivity contribution is 7.89. The highest BCUT2D eigenvalue weighted by Gasteiger charge is 2.18. The number of hydrogen-bond acceptors (Lipinski definition) is 6. The molecule has 0 aromatic heterocycles. The van der Waals surface area contributed by atoms with Gasteiger partial charge in [0.1, 0.15) is 0 Å². The van der Waals surface area contributed by atoms with E-state index < -0.39 is 10.0 Å². The summed E-state index contributed by atoms with van der Waals surface area (Å²) in [7, 11) is 0.906. The largest absolute Gasteiger partial charge is 0.493 e. The Morgan fingerprint density at radius 3 is 2.22 bits per heavy atom. The molecule has 8 nitrogen and oxygen atoms in total. The molecule has 0 saturated carbocycles. The summed E-state index contributed by atoms with van der Waals surface area (Å²) in [5.74, 6) is 1.19. The molecule has 2 N–H and O–H groups in total. The molecule has 32 heavy (non-hydrogen) atoms. The third-order valence-corrected chi connectivity index (χ3v) is 6.95. The van der Waals surface area contributed by atoms with Crippen LogP contribution in [0.3, 0.4) is 0 Å². The first-order valence-corrected chi connectivity index (χ1v) is 12.0. The standard InChI is InChI=1S/C23H30N2O6S/c1-29-20-12-16(13-21(30-2)23(20)31-3)15-24-22(26)10-11-25-32(27,28)19-9-8-17-6-4-5-7-18(17)14-19/h8-9,12-14,25H,4-7,10-11,15H2,1-3H3,(H,24,26). The second kappa shape index (κ2) is 10.7. The lowest BCUT2D eigenvalue weighted by atomic mass is 9.92. The van der Waals surface area contributed by atoms with Gasteiger partial charge in [0.05, 0.1) is 26.2 Å². The monoisotopic (exact) mass is 462 g/mol. The van der Waals surface area contributed by atoms with E-state index in [0.717, 1.165) is 36.8 Å². The SMILES string of the molecule is COc1cc(CNC(=O)CCNS(=O)(=O)c2ccc3c(c2)CCCC3)cc(OC)c1OC. The van der Waals surface area contributed by atoms with Gasteiger partial charge in [-0.3, -0.25) is 4.79 Å². The number of nitrogens with one attached hydrogen (secondary N) is 2. The molecule has 2 aromatic carbocycles. The Kier molecular flexibility index (Phi) is 7.98. The topological polar surface area (TPSA) is 103 Å². The predicted molar refractivity (Wildman–Crippen MR) is 121 cm³/mol. The van der Waals surface area contributed by atoms with E-state index in [1.54, 1.807) is 24.3 Å². The number of aryl methyl sites for hydroxylation is 2. The zero-order chi connectivity index (χ0) is 23.1.